The molecule has 0 bridgehead atoms. The van der Waals surface area contributed by atoms with Gasteiger partial charge in [-0.15, -0.1) is 0 Å². The minimum Gasteiger partial charge on any atom is -0.331 e. The van der Waals surface area contributed by atoms with Crippen LogP contribution in [0.4, 0.5) is 11.4 Å². The predicted octanol–water partition coefficient (Wildman–Crippen LogP) is 3.32. The fraction of sp³-hybridized carbons (Fsp3) is 0.0455. The van der Waals surface area contributed by atoms with E-state index in [4.69, 9.17) is 12.2 Å². The molecule has 0 saturated heterocycles. The van der Waals surface area contributed by atoms with Gasteiger partial charge in [0, 0.05) is 22.5 Å². The molecule has 0 spiro atoms. The number of ketones is 1. The molecule has 4 N–H and O–H groups in total. The van der Waals surface area contributed by atoms with Crippen molar-refractivity contribution in [3.63, 3.8) is 0 Å². The maximum Gasteiger partial charge on any atom is 0.269 e. The molecule has 0 heterocycles. The number of nitrogens with one attached hydrogen (secondary N) is 4. The van der Waals surface area contributed by atoms with Gasteiger partial charge < -0.3 is 5.32 Å². The van der Waals surface area contributed by atoms with Crippen LogP contribution in [-0.4, -0.2) is 25.2 Å². The zero-order valence-corrected chi connectivity index (χ0v) is 18.6. The van der Waals surface area contributed by atoms with Crippen LogP contribution in [0.2, 0.25) is 0 Å². The van der Waals surface area contributed by atoms with Crippen LogP contribution in [0.1, 0.15) is 27.6 Å². The Hall–Kier alpha value is -3.76. The fourth-order valence-corrected chi connectivity index (χ4v) is 3.87. The van der Waals surface area contributed by atoms with Crippen molar-refractivity contribution < 1.29 is 18.0 Å². The lowest BCUT2D eigenvalue weighted by Gasteiger charge is -2.12. The normalized spacial score (nSPS) is 10.7. The van der Waals surface area contributed by atoms with E-state index in [9.17, 15) is 18.0 Å². The molecule has 0 saturated carbocycles. The van der Waals surface area contributed by atoms with Gasteiger partial charge >= 0.3 is 0 Å². The number of sulfonamides is 1. The molecule has 0 atom stereocenters. The topological polar surface area (TPSA) is 116 Å². The van der Waals surface area contributed by atoms with Gasteiger partial charge in [0.2, 0.25) is 0 Å². The van der Waals surface area contributed by atoms with E-state index in [0.717, 1.165) is 5.69 Å². The molecular weight excluding hydrogens is 448 g/mol. The lowest BCUT2D eigenvalue weighted by atomic mass is 10.2. The summed E-state index contributed by atoms with van der Waals surface area (Å²) in [6.45, 7) is 1.41. The Balaban J connectivity index is 1.57. The Bertz CT molecular complexity index is 1230. The number of Topliss-reactive ketones (excluding diaryl/α,β-unsaturated/α-hetero) is 1. The second kappa shape index (κ2) is 10.0. The second-order valence-electron chi connectivity index (χ2n) is 6.66. The maximum atomic E-state index is 12.5. The first kappa shape index (κ1) is 22.9. The Kier molecular flexibility index (Phi) is 7.18. The van der Waals surface area contributed by atoms with Gasteiger partial charge in [-0.05, 0) is 67.7 Å². The Morgan fingerprint density at radius 1 is 0.750 bits per heavy atom. The first-order valence-corrected chi connectivity index (χ1v) is 11.3. The lowest BCUT2D eigenvalue weighted by Crippen LogP contribution is -2.43. The van der Waals surface area contributed by atoms with Crippen LogP contribution >= 0.6 is 12.2 Å². The van der Waals surface area contributed by atoms with E-state index in [0.29, 0.717) is 11.1 Å². The largest absolute Gasteiger partial charge is 0.331 e. The zero-order chi connectivity index (χ0) is 23.1. The standard InChI is InChI=1S/C22H20N4O4S2/c1-15(27)16-9-13-20(14-10-16)32(29,30)26-19-11-7-17(8-12-19)21(28)24-25-22(31)23-18-5-3-2-4-6-18/h2-14,26H,1H3,(H,24,28)(H2,23,25,31). The van der Waals surface area contributed by atoms with Crippen LogP contribution in [0.5, 0.6) is 0 Å². The molecule has 0 aromatic heterocycles. The number of benzene rings is 3. The summed E-state index contributed by atoms with van der Waals surface area (Å²) in [5, 5.41) is 3.13. The molecule has 3 aromatic rings. The minimum absolute atomic E-state index is 0.0212. The molecule has 0 aliphatic rings. The molecule has 0 aliphatic carbocycles. The second-order valence-corrected chi connectivity index (χ2v) is 8.75. The summed E-state index contributed by atoms with van der Waals surface area (Å²) < 4.78 is 27.5. The van der Waals surface area contributed by atoms with E-state index in [1.54, 1.807) is 0 Å². The summed E-state index contributed by atoms with van der Waals surface area (Å²) in [6.07, 6.45) is 0. The highest BCUT2D eigenvalue weighted by molar-refractivity contribution is 7.92. The average molecular weight is 469 g/mol. The zero-order valence-electron chi connectivity index (χ0n) is 17.0. The van der Waals surface area contributed by atoms with Gasteiger partial charge in [-0.25, -0.2) is 8.42 Å². The number of rotatable bonds is 6. The Labute approximate surface area is 191 Å². The number of carbonyl (C=O) groups is 2. The SMILES string of the molecule is CC(=O)c1ccc(S(=O)(=O)Nc2ccc(C(=O)NNC(=S)Nc3ccccc3)cc2)cc1. The van der Waals surface area contributed by atoms with E-state index in [2.05, 4.69) is 20.9 Å². The van der Waals surface area contributed by atoms with Crippen molar-refractivity contribution in [1.29, 1.82) is 0 Å². The van der Waals surface area contributed by atoms with Crippen LogP contribution in [-0.2, 0) is 10.0 Å². The van der Waals surface area contributed by atoms with E-state index < -0.39 is 15.9 Å². The number of anilines is 2. The van der Waals surface area contributed by atoms with Crippen LogP contribution in [0.15, 0.2) is 83.8 Å². The fourth-order valence-electron chi connectivity index (χ4n) is 2.64. The van der Waals surface area contributed by atoms with Gasteiger partial charge in [0.1, 0.15) is 0 Å². The molecular formula is C22H20N4O4S2. The van der Waals surface area contributed by atoms with Gasteiger partial charge in [-0.2, -0.15) is 0 Å². The summed E-state index contributed by atoms with van der Waals surface area (Å²) in [4.78, 5) is 23.6. The van der Waals surface area contributed by atoms with Gasteiger partial charge in [0.05, 0.1) is 4.90 Å². The third-order valence-corrected chi connectivity index (χ3v) is 5.89. The number of hydrazine groups is 1. The Morgan fingerprint density at radius 2 is 1.34 bits per heavy atom. The number of amides is 1. The molecule has 0 unspecified atom stereocenters. The summed E-state index contributed by atoms with van der Waals surface area (Å²) in [5.74, 6) is -0.599. The van der Waals surface area contributed by atoms with Gasteiger partial charge in [0.15, 0.2) is 10.9 Å². The van der Waals surface area contributed by atoms with E-state index in [-0.39, 0.29) is 21.5 Å². The average Bonchev–Trinajstić information content (AvgIpc) is 2.78. The van der Waals surface area contributed by atoms with Crippen LogP contribution in [0, 0.1) is 0 Å². The van der Waals surface area contributed by atoms with Crippen molar-refractivity contribution in [1.82, 2.24) is 10.9 Å². The van der Waals surface area contributed by atoms with Crippen LogP contribution < -0.4 is 20.9 Å². The summed E-state index contributed by atoms with van der Waals surface area (Å²) in [6, 6.07) is 20.7. The molecule has 10 heteroatoms. The molecule has 3 aromatic carbocycles. The maximum absolute atomic E-state index is 12.5. The summed E-state index contributed by atoms with van der Waals surface area (Å²) in [5.41, 5.74) is 6.85. The molecule has 164 valence electrons. The van der Waals surface area contributed by atoms with E-state index in [1.165, 1.54) is 55.5 Å². The molecule has 0 fully saturated rings. The van der Waals surface area contributed by atoms with Crippen molar-refractivity contribution in [2.45, 2.75) is 11.8 Å². The Morgan fingerprint density at radius 3 is 1.94 bits per heavy atom. The summed E-state index contributed by atoms with van der Waals surface area (Å²) in [7, 11) is -3.84. The van der Waals surface area contributed by atoms with Crippen LogP contribution in [0.3, 0.4) is 0 Å². The summed E-state index contributed by atoms with van der Waals surface area (Å²) >= 11 is 5.12. The number of thiocarbonyl (C=S) groups is 1. The third kappa shape index (κ3) is 6.13. The van der Waals surface area contributed by atoms with Crippen molar-refractivity contribution >= 4 is 50.4 Å². The molecule has 3 rings (SSSR count). The predicted molar refractivity (Wildman–Crippen MR) is 127 cm³/mol. The van der Waals surface area contributed by atoms with Gasteiger partial charge in [-0.1, -0.05) is 30.3 Å². The lowest BCUT2D eigenvalue weighted by molar-refractivity contribution is 0.0943. The molecule has 8 nitrogen and oxygen atoms in total. The molecule has 0 radical (unpaired) electrons. The third-order valence-electron chi connectivity index (χ3n) is 4.29. The number of para-hydroxylation sites is 1. The molecule has 1 amide bonds. The van der Waals surface area contributed by atoms with Gasteiger partial charge in [-0.3, -0.25) is 25.2 Å². The highest BCUT2D eigenvalue weighted by Gasteiger charge is 2.15. The minimum atomic E-state index is -3.84. The number of hydrogen-bond donors (Lipinski definition) is 4. The highest BCUT2D eigenvalue weighted by atomic mass is 32.2. The highest BCUT2D eigenvalue weighted by Crippen LogP contribution is 2.17. The van der Waals surface area contributed by atoms with Crippen LogP contribution in [0.25, 0.3) is 0 Å². The van der Waals surface area contributed by atoms with Crippen molar-refractivity contribution in [3.05, 3.63) is 90.0 Å². The van der Waals surface area contributed by atoms with Crippen molar-refractivity contribution in [3.8, 4) is 0 Å². The molecule has 32 heavy (non-hydrogen) atoms. The van der Waals surface area contributed by atoms with Crippen molar-refractivity contribution in [2.24, 2.45) is 0 Å². The van der Waals surface area contributed by atoms with E-state index >= 15 is 0 Å². The molecule has 0 aliphatic heterocycles. The number of hydrogen-bond acceptors (Lipinski definition) is 5. The monoisotopic (exact) mass is 468 g/mol. The first-order chi connectivity index (χ1) is 15.2. The first-order valence-electron chi connectivity index (χ1n) is 9.41. The van der Waals surface area contributed by atoms with E-state index in [1.807, 2.05) is 30.3 Å². The van der Waals surface area contributed by atoms with Crippen molar-refractivity contribution in [2.75, 3.05) is 10.0 Å². The smallest absolute Gasteiger partial charge is 0.269 e. The number of carbonyl (C=O) groups excluding carboxylic acids is 2. The van der Waals surface area contributed by atoms with Gasteiger partial charge in [0.25, 0.3) is 15.9 Å². The quantitative estimate of drug-likeness (QED) is 0.249.